The van der Waals surface area contributed by atoms with Gasteiger partial charge in [0.2, 0.25) is 5.96 Å². The molecule has 0 amide bonds. The number of aliphatic imine (C=N–C) groups is 1. The molecular weight excluding hydrogens is 319 g/mol. The van der Waals surface area contributed by atoms with Crippen LogP contribution >= 0.6 is 0 Å². The fraction of sp³-hybridized carbons (Fsp3) is 0.500. The standard InChI is InChI=1S/C16H20F3N5/c1-4-21-24-10(2)13-7-11(16(17,18)19)5-6-14(13)22-15(24)23-8-12(9-23)20-3/h4-7,10,12,20H,8-9H2,1-3H3/b21-4-. The Morgan fingerprint density at radius 3 is 2.62 bits per heavy atom. The zero-order valence-electron chi connectivity index (χ0n) is 13.8. The summed E-state index contributed by atoms with van der Waals surface area (Å²) in [5, 5.41) is 9.21. The number of benzene rings is 1. The molecule has 0 aromatic heterocycles. The van der Waals surface area contributed by atoms with E-state index < -0.39 is 11.7 Å². The van der Waals surface area contributed by atoms with Crippen LogP contribution in [0.2, 0.25) is 0 Å². The van der Waals surface area contributed by atoms with Crippen molar-refractivity contribution in [3.8, 4) is 0 Å². The Labute approximate surface area is 138 Å². The van der Waals surface area contributed by atoms with E-state index in [-0.39, 0.29) is 6.04 Å². The smallest absolute Gasteiger partial charge is 0.338 e. The maximum absolute atomic E-state index is 13.0. The number of alkyl halides is 3. The molecule has 1 atom stereocenters. The summed E-state index contributed by atoms with van der Waals surface area (Å²) in [5.41, 5.74) is 0.442. The van der Waals surface area contributed by atoms with Gasteiger partial charge in [-0.15, -0.1) is 0 Å². The highest BCUT2D eigenvalue weighted by molar-refractivity contribution is 5.87. The Kier molecular flexibility index (Phi) is 4.25. The van der Waals surface area contributed by atoms with Crippen LogP contribution in [0.15, 0.2) is 28.3 Å². The third kappa shape index (κ3) is 2.86. The average Bonchev–Trinajstić information content (AvgIpc) is 2.48. The molecule has 1 fully saturated rings. The Balaban J connectivity index is 1.99. The monoisotopic (exact) mass is 339 g/mol. The molecular formula is C16H20F3N5. The van der Waals surface area contributed by atoms with Gasteiger partial charge in [-0.3, -0.25) is 0 Å². The zero-order chi connectivity index (χ0) is 17.5. The van der Waals surface area contributed by atoms with Crippen LogP contribution in [0, 0.1) is 0 Å². The predicted molar refractivity (Wildman–Crippen MR) is 87.4 cm³/mol. The second-order valence-electron chi connectivity index (χ2n) is 5.97. The van der Waals surface area contributed by atoms with E-state index >= 15 is 0 Å². The highest BCUT2D eigenvalue weighted by atomic mass is 19.4. The van der Waals surface area contributed by atoms with Crippen LogP contribution in [0.4, 0.5) is 18.9 Å². The van der Waals surface area contributed by atoms with Gasteiger partial charge in [0.25, 0.3) is 0 Å². The molecule has 8 heteroatoms. The number of halogens is 3. The first-order valence-corrected chi connectivity index (χ1v) is 7.85. The highest BCUT2D eigenvalue weighted by Gasteiger charge is 2.38. The molecule has 3 rings (SSSR count). The van der Waals surface area contributed by atoms with E-state index in [1.54, 1.807) is 18.1 Å². The lowest BCUT2D eigenvalue weighted by Gasteiger charge is -2.45. The van der Waals surface area contributed by atoms with Crippen LogP contribution in [0.1, 0.15) is 31.0 Å². The van der Waals surface area contributed by atoms with Crippen LogP contribution in [0.25, 0.3) is 0 Å². The lowest BCUT2D eigenvalue weighted by molar-refractivity contribution is -0.137. The summed E-state index contributed by atoms with van der Waals surface area (Å²) in [6.45, 7) is 5.22. The number of likely N-dealkylation sites (tertiary alicyclic amines) is 1. The average molecular weight is 339 g/mol. The molecule has 2 aliphatic heterocycles. The molecule has 1 aromatic carbocycles. The molecule has 1 unspecified atom stereocenters. The number of nitrogens with zero attached hydrogens (tertiary/aromatic N) is 4. The van der Waals surface area contributed by atoms with Crippen LogP contribution in [-0.2, 0) is 6.18 Å². The van der Waals surface area contributed by atoms with E-state index in [0.717, 1.165) is 19.2 Å². The van der Waals surface area contributed by atoms with Crippen molar-refractivity contribution in [2.75, 3.05) is 20.1 Å². The van der Waals surface area contributed by atoms with E-state index in [4.69, 9.17) is 0 Å². The first-order valence-electron chi connectivity index (χ1n) is 7.85. The number of hydrogen-bond acceptors (Lipinski definition) is 5. The van der Waals surface area contributed by atoms with Gasteiger partial charge in [-0.1, -0.05) is 0 Å². The lowest BCUT2D eigenvalue weighted by atomic mass is 10.0. The second kappa shape index (κ2) is 6.08. The fourth-order valence-electron chi connectivity index (χ4n) is 2.95. The van der Waals surface area contributed by atoms with Crippen molar-refractivity contribution in [1.82, 2.24) is 15.2 Å². The quantitative estimate of drug-likeness (QED) is 0.843. The van der Waals surface area contributed by atoms with Crippen LogP contribution in [0.5, 0.6) is 0 Å². The second-order valence-corrected chi connectivity index (χ2v) is 5.97. The van der Waals surface area contributed by atoms with E-state index in [9.17, 15) is 13.2 Å². The minimum atomic E-state index is -4.37. The van der Waals surface area contributed by atoms with Gasteiger partial charge in [0.15, 0.2) is 0 Å². The molecule has 24 heavy (non-hydrogen) atoms. The van der Waals surface area contributed by atoms with Gasteiger partial charge >= 0.3 is 6.18 Å². The van der Waals surface area contributed by atoms with Gasteiger partial charge in [-0.05, 0) is 39.1 Å². The molecule has 130 valence electrons. The number of nitrogens with one attached hydrogen (secondary N) is 1. The molecule has 2 heterocycles. The van der Waals surface area contributed by atoms with Gasteiger partial charge in [0.1, 0.15) is 0 Å². The number of likely N-dealkylation sites (N-methyl/N-ethyl adjacent to an activating group) is 1. The Bertz CT molecular complexity index is 677. The lowest BCUT2D eigenvalue weighted by Crippen LogP contribution is -2.62. The SMILES string of the molecule is C/C=N\N1C(N2CC(NC)C2)=Nc2ccc(C(F)(F)F)cc2C1C. The number of guanidine groups is 1. The summed E-state index contributed by atoms with van der Waals surface area (Å²) in [7, 11) is 1.91. The molecule has 0 aliphatic carbocycles. The first kappa shape index (κ1) is 16.8. The summed E-state index contributed by atoms with van der Waals surface area (Å²) in [4.78, 5) is 6.64. The largest absolute Gasteiger partial charge is 0.416 e. The van der Waals surface area contributed by atoms with E-state index in [0.29, 0.717) is 23.3 Å². The Hall–Kier alpha value is -2.09. The van der Waals surface area contributed by atoms with Crippen molar-refractivity contribution in [1.29, 1.82) is 0 Å². The highest BCUT2D eigenvalue weighted by Crippen LogP contribution is 2.40. The first-order chi connectivity index (χ1) is 11.3. The predicted octanol–water partition coefficient (Wildman–Crippen LogP) is 2.98. The molecule has 1 saturated heterocycles. The van der Waals surface area contributed by atoms with Crippen molar-refractivity contribution in [2.24, 2.45) is 10.1 Å². The summed E-state index contributed by atoms with van der Waals surface area (Å²) in [5.74, 6) is 0.680. The topological polar surface area (TPSA) is 43.2 Å². The summed E-state index contributed by atoms with van der Waals surface area (Å²) in [6, 6.07) is 3.77. The number of fused-ring (bicyclic) bond motifs is 1. The number of hydrogen-bond donors (Lipinski definition) is 1. The van der Waals surface area contributed by atoms with Crippen molar-refractivity contribution >= 4 is 17.9 Å². The van der Waals surface area contributed by atoms with Crippen molar-refractivity contribution < 1.29 is 13.2 Å². The Morgan fingerprint density at radius 1 is 1.33 bits per heavy atom. The van der Waals surface area contributed by atoms with E-state index in [1.165, 1.54) is 12.1 Å². The molecule has 2 aliphatic rings. The third-order valence-corrected chi connectivity index (χ3v) is 4.41. The summed E-state index contributed by atoms with van der Waals surface area (Å²) < 4.78 is 39.0. The molecule has 0 saturated carbocycles. The number of rotatable bonds is 2. The van der Waals surface area contributed by atoms with Crippen LogP contribution in [0.3, 0.4) is 0 Å². The maximum atomic E-state index is 13.0. The minimum Gasteiger partial charge on any atom is -0.338 e. The molecule has 0 radical (unpaired) electrons. The van der Waals surface area contributed by atoms with E-state index in [1.807, 2.05) is 14.0 Å². The van der Waals surface area contributed by atoms with Gasteiger partial charge in [-0.25, -0.2) is 10.0 Å². The molecule has 1 aromatic rings. The fourth-order valence-corrected chi connectivity index (χ4v) is 2.95. The van der Waals surface area contributed by atoms with Crippen LogP contribution < -0.4 is 5.32 Å². The van der Waals surface area contributed by atoms with Gasteiger partial charge < -0.3 is 10.2 Å². The number of hydrazone groups is 1. The van der Waals surface area contributed by atoms with Crippen molar-refractivity contribution in [3.05, 3.63) is 29.3 Å². The van der Waals surface area contributed by atoms with E-state index in [2.05, 4.69) is 20.3 Å². The third-order valence-electron chi connectivity index (χ3n) is 4.41. The van der Waals surface area contributed by atoms with Crippen molar-refractivity contribution in [2.45, 2.75) is 32.1 Å². The Morgan fingerprint density at radius 2 is 2.04 bits per heavy atom. The van der Waals surface area contributed by atoms with Gasteiger partial charge in [-0.2, -0.15) is 18.3 Å². The molecule has 5 nitrogen and oxygen atoms in total. The van der Waals surface area contributed by atoms with Gasteiger partial charge in [0, 0.05) is 30.9 Å². The molecule has 0 bridgehead atoms. The van der Waals surface area contributed by atoms with Crippen LogP contribution in [-0.4, -0.2) is 48.3 Å². The molecule has 0 spiro atoms. The summed E-state index contributed by atoms with van der Waals surface area (Å²) >= 11 is 0. The maximum Gasteiger partial charge on any atom is 0.416 e. The normalized spacial score (nSPS) is 21.8. The molecule has 1 N–H and O–H groups in total. The minimum absolute atomic E-state index is 0.320. The zero-order valence-corrected chi connectivity index (χ0v) is 13.8. The van der Waals surface area contributed by atoms with Crippen molar-refractivity contribution in [3.63, 3.8) is 0 Å². The van der Waals surface area contributed by atoms with Gasteiger partial charge in [0.05, 0.1) is 17.3 Å². The summed E-state index contributed by atoms with van der Waals surface area (Å²) in [6.07, 6.45) is -2.74.